The van der Waals surface area contributed by atoms with Crippen molar-refractivity contribution < 1.29 is 14.3 Å². The van der Waals surface area contributed by atoms with E-state index in [0.29, 0.717) is 18.0 Å². The first kappa shape index (κ1) is 19.1. The summed E-state index contributed by atoms with van der Waals surface area (Å²) in [5.41, 5.74) is -1.23. The van der Waals surface area contributed by atoms with Crippen LogP contribution in [0.2, 0.25) is 0 Å². The van der Waals surface area contributed by atoms with Crippen molar-refractivity contribution in [1.29, 1.82) is 5.26 Å². The highest BCUT2D eigenvalue weighted by Gasteiger charge is 2.44. The van der Waals surface area contributed by atoms with Crippen LogP contribution in [0.5, 0.6) is 5.75 Å². The summed E-state index contributed by atoms with van der Waals surface area (Å²) in [7, 11) is 0. The Morgan fingerprint density at radius 2 is 2.09 bits per heavy atom. The van der Waals surface area contributed by atoms with Gasteiger partial charge in [0.1, 0.15) is 17.5 Å². The Labute approximate surface area is 144 Å². The number of azo groups is 1. The largest absolute Gasteiger partial charge is 0.492 e. The minimum atomic E-state index is -1.67. The molecule has 23 heavy (non-hydrogen) atoms. The van der Waals surface area contributed by atoms with Crippen LogP contribution in [0.15, 0.2) is 32.9 Å². The van der Waals surface area contributed by atoms with Gasteiger partial charge in [-0.25, -0.2) is 4.79 Å². The highest BCUT2D eigenvalue weighted by atomic mass is 79.9. The first-order valence-corrected chi connectivity index (χ1v) is 8.14. The van der Waals surface area contributed by atoms with Gasteiger partial charge in [-0.1, -0.05) is 29.8 Å². The Bertz CT molecular complexity index is 625. The maximum atomic E-state index is 12.2. The molecule has 1 aromatic carbocycles. The second kappa shape index (κ2) is 8.63. The van der Waals surface area contributed by atoms with Crippen molar-refractivity contribution in [2.24, 2.45) is 16.1 Å². The van der Waals surface area contributed by atoms with E-state index in [1.807, 2.05) is 13.0 Å². The number of nitriles is 1. The van der Waals surface area contributed by atoms with Gasteiger partial charge in [0.05, 0.1) is 13.2 Å². The number of rotatable bonds is 7. The molecule has 0 fully saturated rings. The lowest BCUT2D eigenvalue weighted by atomic mass is 9.89. The molecule has 0 saturated heterocycles. The summed E-state index contributed by atoms with van der Waals surface area (Å²) in [6.07, 6.45) is 0. The summed E-state index contributed by atoms with van der Waals surface area (Å²) >= 11 is 3.36. The maximum absolute atomic E-state index is 12.2. The second-order valence-corrected chi connectivity index (χ2v) is 5.91. The van der Waals surface area contributed by atoms with Crippen molar-refractivity contribution in [3.8, 4) is 11.8 Å². The van der Waals surface area contributed by atoms with Gasteiger partial charge in [0, 0.05) is 10.4 Å². The van der Waals surface area contributed by atoms with Crippen molar-refractivity contribution in [3.63, 3.8) is 0 Å². The number of carbonyl (C=O) groups excluding carboxylic acids is 1. The lowest BCUT2D eigenvalue weighted by molar-refractivity contribution is -0.148. The third kappa shape index (κ3) is 4.52. The lowest BCUT2D eigenvalue weighted by Gasteiger charge is -2.22. The van der Waals surface area contributed by atoms with E-state index < -0.39 is 11.5 Å². The van der Waals surface area contributed by atoms with Crippen molar-refractivity contribution >= 4 is 27.6 Å². The topological polar surface area (TPSA) is 84.0 Å². The summed E-state index contributed by atoms with van der Waals surface area (Å²) in [6.45, 7) is 7.62. The van der Waals surface area contributed by atoms with Gasteiger partial charge in [0.25, 0.3) is 5.54 Å². The summed E-state index contributed by atoms with van der Waals surface area (Å²) in [6, 6.07) is 7.19. The van der Waals surface area contributed by atoms with Gasteiger partial charge in [-0.05, 0) is 32.0 Å². The zero-order valence-electron chi connectivity index (χ0n) is 13.7. The first-order chi connectivity index (χ1) is 10.9. The number of hydrogen-bond donors (Lipinski definition) is 0. The van der Waals surface area contributed by atoms with E-state index in [9.17, 15) is 10.1 Å². The average molecular weight is 382 g/mol. The van der Waals surface area contributed by atoms with Crippen LogP contribution in [0.25, 0.3) is 0 Å². The number of ether oxygens (including phenoxy) is 2. The average Bonchev–Trinajstić information content (AvgIpc) is 2.50. The van der Waals surface area contributed by atoms with Crippen LogP contribution in [0.1, 0.15) is 27.7 Å². The van der Waals surface area contributed by atoms with Gasteiger partial charge in [-0.2, -0.15) is 10.4 Å². The van der Waals surface area contributed by atoms with E-state index in [-0.39, 0.29) is 12.5 Å². The van der Waals surface area contributed by atoms with Crippen LogP contribution in [-0.4, -0.2) is 24.7 Å². The van der Waals surface area contributed by atoms with Crippen LogP contribution < -0.4 is 4.74 Å². The normalized spacial score (nSPS) is 13.6. The molecule has 0 radical (unpaired) electrons. The smallest absolute Gasteiger partial charge is 0.351 e. The molecule has 1 aromatic rings. The SMILES string of the molecule is CCOC(=O)C(C#N)(/N=N/c1ccc(Br)cc1OCC)C(C)C. The Morgan fingerprint density at radius 1 is 1.39 bits per heavy atom. The molecule has 0 spiro atoms. The number of benzene rings is 1. The first-order valence-electron chi connectivity index (χ1n) is 7.35. The molecule has 6 nitrogen and oxygen atoms in total. The molecule has 0 N–H and O–H groups in total. The number of esters is 1. The number of halogens is 1. The maximum Gasteiger partial charge on any atom is 0.351 e. The van der Waals surface area contributed by atoms with Crippen LogP contribution in [0.3, 0.4) is 0 Å². The summed E-state index contributed by atoms with van der Waals surface area (Å²) < 4.78 is 11.3. The van der Waals surface area contributed by atoms with Gasteiger partial charge in [0.2, 0.25) is 0 Å². The summed E-state index contributed by atoms with van der Waals surface area (Å²) in [5, 5.41) is 17.6. The molecule has 0 aromatic heterocycles. The van der Waals surface area contributed by atoms with Crippen molar-refractivity contribution in [2.75, 3.05) is 13.2 Å². The highest BCUT2D eigenvalue weighted by molar-refractivity contribution is 9.10. The monoisotopic (exact) mass is 381 g/mol. The minimum Gasteiger partial charge on any atom is -0.492 e. The van der Waals surface area contributed by atoms with E-state index in [1.54, 1.807) is 39.0 Å². The molecule has 0 saturated carbocycles. The molecule has 0 bridgehead atoms. The molecule has 0 aliphatic heterocycles. The second-order valence-electron chi connectivity index (χ2n) is 5.00. The molecule has 1 atom stereocenters. The molecule has 124 valence electrons. The molecule has 0 amide bonds. The Morgan fingerprint density at radius 3 is 2.61 bits per heavy atom. The van der Waals surface area contributed by atoms with Crippen LogP contribution >= 0.6 is 15.9 Å². The fraction of sp³-hybridized carbons (Fsp3) is 0.500. The summed E-state index contributed by atoms with van der Waals surface area (Å²) in [5.74, 6) is -0.567. The Hall–Kier alpha value is -1.94. The number of hydrogen-bond acceptors (Lipinski definition) is 6. The van der Waals surface area contributed by atoms with Crippen LogP contribution in [0, 0.1) is 17.2 Å². The third-order valence-electron chi connectivity index (χ3n) is 3.13. The number of nitrogens with zero attached hydrogens (tertiary/aromatic N) is 3. The zero-order chi connectivity index (χ0) is 17.5. The van der Waals surface area contributed by atoms with Gasteiger partial charge in [0.15, 0.2) is 0 Å². The molecular weight excluding hydrogens is 362 g/mol. The standard InChI is InChI=1S/C16H20BrN3O3/c1-5-22-14-9-12(17)7-8-13(14)19-20-16(10-18,11(3)4)15(21)23-6-2/h7-9,11H,5-6H2,1-4H3/b20-19+. The number of carbonyl (C=O) groups is 1. The van der Waals surface area contributed by atoms with Crippen LogP contribution in [0.4, 0.5) is 5.69 Å². The van der Waals surface area contributed by atoms with Gasteiger partial charge in [-0.3, -0.25) is 0 Å². The van der Waals surface area contributed by atoms with Crippen molar-refractivity contribution in [2.45, 2.75) is 33.2 Å². The fourth-order valence-electron chi connectivity index (χ4n) is 1.80. The van der Waals surface area contributed by atoms with Gasteiger partial charge < -0.3 is 9.47 Å². The molecule has 0 aliphatic carbocycles. The molecular formula is C16H20BrN3O3. The van der Waals surface area contributed by atoms with Gasteiger partial charge >= 0.3 is 5.97 Å². The fourth-order valence-corrected chi connectivity index (χ4v) is 2.14. The Kier molecular flexibility index (Phi) is 7.17. The van der Waals surface area contributed by atoms with Crippen LogP contribution in [-0.2, 0) is 9.53 Å². The zero-order valence-corrected chi connectivity index (χ0v) is 15.3. The minimum absolute atomic E-state index is 0.174. The summed E-state index contributed by atoms with van der Waals surface area (Å²) in [4.78, 5) is 12.2. The van der Waals surface area contributed by atoms with E-state index in [2.05, 4.69) is 26.2 Å². The molecule has 1 unspecified atom stereocenters. The van der Waals surface area contributed by atoms with Crippen molar-refractivity contribution in [3.05, 3.63) is 22.7 Å². The predicted molar refractivity (Wildman–Crippen MR) is 89.6 cm³/mol. The van der Waals surface area contributed by atoms with E-state index in [0.717, 1.165) is 4.47 Å². The Balaban J connectivity index is 3.26. The van der Waals surface area contributed by atoms with E-state index in [4.69, 9.17) is 9.47 Å². The van der Waals surface area contributed by atoms with E-state index in [1.165, 1.54) is 0 Å². The van der Waals surface area contributed by atoms with Crippen molar-refractivity contribution in [1.82, 2.24) is 0 Å². The predicted octanol–water partition coefficient (Wildman–Crippen LogP) is 4.41. The lowest BCUT2D eigenvalue weighted by Crippen LogP contribution is -2.41. The molecule has 0 heterocycles. The quantitative estimate of drug-likeness (QED) is 0.516. The van der Waals surface area contributed by atoms with E-state index >= 15 is 0 Å². The molecule has 0 aliphatic rings. The third-order valence-corrected chi connectivity index (χ3v) is 3.62. The molecule has 7 heteroatoms. The van der Waals surface area contributed by atoms with Gasteiger partial charge in [-0.15, -0.1) is 5.11 Å². The molecule has 1 rings (SSSR count). The highest BCUT2D eigenvalue weighted by Crippen LogP contribution is 2.33.